The molecule has 0 N–H and O–H groups in total. The molecule has 1 aliphatic heterocycles. The Morgan fingerprint density at radius 1 is 1.20 bits per heavy atom. The predicted molar refractivity (Wildman–Crippen MR) is 102 cm³/mol. The summed E-state index contributed by atoms with van der Waals surface area (Å²) in [4.78, 5) is 16.4. The molecule has 1 aromatic carbocycles. The number of thiophene rings is 1. The quantitative estimate of drug-likeness (QED) is 0.739. The van der Waals surface area contributed by atoms with Crippen molar-refractivity contribution >= 4 is 38.7 Å². The Hall–Kier alpha value is -1.37. The summed E-state index contributed by atoms with van der Waals surface area (Å²) in [6, 6.07) is 6.66. The van der Waals surface area contributed by atoms with Crippen molar-refractivity contribution in [1.82, 2.24) is 4.90 Å². The zero-order chi connectivity index (χ0) is 18.2. The lowest BCUT2D eigenvalue weighted by Gasteiger charge is -2.20. The first-order chi connectivity index (χ1) is 11.9. The van der Waals surface area contributed by atoms with E-state index >= 15 is 0 Å². The first-order valence-electron chi connectivity index (χ1n) is 8.32. The van der Waals surface area contributed by atoms with Gasteiger partial charge in [0.1, 0.15) is 0 Å². The number of carbonyl (C=O) groups is 1. The number of amides is 1. The summed E-state index contributed by atoms with van der Waals surface area (Å²) in [6.45, 7) is 5.50. The third kappa shape index (κ3) is 3.48. The maximum Gasteiger partial charge on any atom is 0.263 e. The third-order valence-corrected chi connectivity index (χ3v) is 7.30. The van der Waals surface area contributed by atoms with Gasteiger partial charge in [-0.05, 0) is 36.6 Å². The van der Waals surface area contributed by atoms with E-state index in [2.05, 4.69) is 0 Å². The molecule has 0 unspecified atom stereocenters. The lowest BCUT2D eigenvalue weighted by Crippen LogP contribution is -2.31. The SMILES string of the molecule is CCCN(CCC)C(=O)c1cc2c(s1)-c1ccc(Cl)cc1S(=O)(=O)C2. The van der Waals surface area contributed by atoms with Gasteiger partial charge in [0, 0.05) is 28.6 Å². The summed E-state index contributed by atoms with van der Waals surface area (Å²) in [5, 5.41) is 0.399. The zero-order valence-electron chi connectivity index (χ0n) is 14.2. The average Bonchev–Trinajstić information content (AvgIpc) is 2.97. The Morgan fingerprint density at radius 3 is 2.52 bits per heavy atom. The topological polar surface area (TPSA) is 54.5 Å². The molecule has 1 aromatic heterocycles. The monoisotopic (exact) mass is 397 g/mol. The first kappa shape index (κ1) is 18.4. The van der Waals surface area contributed by atoms with Crippen molar-refractivity contribution in [3.63, 3.8) is 0 Å². The zero-order valence-corrected chi connectivity index (χ0v) is 16.6. The highest BCUT2D eigenvalue weighted by molar-refractivity contribution is 7.91. The van der Waals surface area contributed by atoms with E-state index in [1.54, 1.807) is 18.2 Å². The molecule has 0 radical (unpaired) electrons. The van der Waals surface area contributed by atoms with Crippen LogP contribution >= 0.6 is 22.9 Å². The number of rotatable bonds is 5. The van der Waals surface area contributed by atoms with Gasteiger partial charge in [-0.3, -0.25) is 4.79 Å². The van der Waals surface area contributed by atoms with Crippen molar-refractivity contribution in [2.75, 3.05) is 13.1 Å². The van der Waals surface area contributed by atoms with Gasteiger partial charge in [-0.2, -0.15) is 0 Å². The number of sulfone groups is 1. The van der Waals surface area contributed by atoms with Gasteiger partial charge >= 0.3 is 0 Å². The summed E-state index contributed by atoms with van der Waals surface area (Å²) < 4.78 is 25.1. The van der Waals surface area contributed by atoms with Crippen LogP contribution in [-0.4, -0.2) is 32.3 Å². The molecule has 1 amide bonds. The van der Waals surface area contributed by atoms with Crippen LogP contribution in [0.2, 0.25) is 5.02 Å². The normalized spacial score (nSPS) is 14.7. The molecule has 3 rings (SSSR count). The molecular formula is C18H20ClNO3S2. The lowest BCUT2D eigenvalue weighted by atomic mass is 10.1. The van der Waals surface area contributed by atoms with Crippen molar-refractivity contribution in [3.05, 3.63) is 39.7 Å². The number of hydrogen-bond acceptors (Lipinski definition) is 4. The van der Waals surface area contributed by atoms with Gasteiger partial charge in [0.15, 0.2) is 9.84 Å². The van der Waals surface area contributed by atoms with E-state index < -0.39 is 9.84 Å². The maximum atomic E-state index is 12.8. The van der Waals surface area contributed by atoms with E-state index in [9.17, 15) is 13.2 Å². The van der Waals surface area contributed by atoms with E-state index in [1.165, 1.54) is 17.4 Å². The van der Waals surface area contributed by atoms with E-state index in [1.807, 2.05) is 18.7 Å². The fourth-order valence-corrected chi connectivity index (χ4v) is 6.29. The van der Waals surface area contributed by atoms with Crippen molar-refractivity contribution in [2.45, 2.75) is 37.3 Å². The van der Waals surface area contributed by atoms with Crippen LogP contribution in [0.4, 0.5) is 0 Å². The Morgan fingerprint density at radius 2 is 1.88 bits per heavy atom. The molecule has 25 heavy (non-hydrogen) atoms. The minimum atomic E-state index is -3.43. The van der Waals surface area contributed by atoms with Crippen LogP contribution in [0.3, 0.4) is 0 Å². The summed E-state index contributed by atoms with van der Waals surface area (Å²) in [5.41, 5.74) is 1.35. The van der Waals surface area contributed by atoms with Crippen LogP contribution in [0.1, 0.15) is 41.9 Å². The highest BCUT2D eigenvalue weighted by atomic mass is 35.5. The molecule has 134 valence electrons. The molecule has 0 saturated heterocycles. The molecule has 0 aliphatic carbocycles. The van der Waals surface area contributed by atoms with Gasteiger partial charge < -0.3 is 4.90 Å². The van der Waals surface area contributed by atoms with Gasteiger partial charge in [-0.25, -0.2) is 8.42 Å². The van der Waals surface area contributed by atoms with Crippen LogP contribution in [-0.2, 0) is 15.6 Å². The predicted octanol–water partition coefficient (Wildman–Crippen LogP) is 4.62. The molecule has 0 spiro atoms. The Balaban J connectivity index is 2.05. The fourth-order valence-electron chi connectivity index (χ4n) is 3.10. The smallest absolute Gasteiger partial charge is 0.263 e. The second-order valence-electron chi connectivity index (χ2n) is 6.16. The molecule has 0 saturated carbocycles. The minimum absolute atomic E-state index is 0.0176. The van der Waals surface area contributed by atoms with Gasteiger partial charge in [-0.1, -0.05) is 31.5 Å². The number of fused-ring (bicyclic) bond motifs is 3. The van der Waals surface area contributed by atoms with Gasteiger partial charge in [0.25, 0.3) is 5.91 Å². The van der Waals surface area contributed by atoms with Crippen molar-refractivity contribution in [3.8, 4) is 10.4 Å². The minimum Gasteiger partial charge on any atom is -0.338 e. The second kappa shape index (κ2) is 7.09. The van der Waals surface area contributed by atoms with Crippen LogP contribution < -0.4 is 0 Å². The molecule has 2 aromatic rings. The van der Waals surface area contributed by atoms with Crippen LogP contribution in [0.15, 0.2) is 29.2 Å². The molecule has 2 heterocycles. The molecule has 1 aliphatic rings. The van der Waals surface area contributed by atoms with E-state index in [0.29, 0.717) is 34.1 Å². The number of carbonyl (C=O) groups excluding carboxylic acids is 1. The maximum absolute atomic E-state index is 12.8. The summed E-state index contributed by atoms with van der Waals surface area (Å²) in [6.07, 6.45) is 1.79. The van der Waals surface area contributed by atoms with Gasteiger partial charge in [0.2, 0.25) is 0 Å². The second-order valence-corrected chi connectivity index (χ2v) is 9.60. The Labute approximate surface area is 157 Å². The van der Waals surface area contributed by atoms with E-state index in [-0.39, 0.29) is 16.6 Å². The van der Waals surface area contributed by atoms with Crippen LogP contribution in [0.5, 0.6) is 0 Å². The lowest BCUT2D eigenvalue weighted by molar-refractivity contribution is 0.0760. The molecular weight excluding hydrogens is 378 g/mol. The van der Waals surface area contributed by atoms with Crippen LogP contribution in [0, 0.1) is 0 Å². The summed E-state index contributed by atoms with van der Waals surface area (Å²) >= 11 is 7.35. The average molecular weight is 398 g/mol. The van der Waals surface area contributed by atoms with Crippen LogP contribution in [0.25, 0.3) is 10.4 Å². The molecule has 0 bridgehead atoms. The fraction of sp³-hybridized carbons (Fsp3) is 0.389. The highest BCUT2D eigenvalue weighted by Gasteiger charge is 2.31. The molecule has 4 nitrogen and oxygen atoms in total. The van der Waals surface area contributed by atoms with Gasteiger partial charge in [-0.15, -0.1) is 11.3 Å². The van der Waals surface area contributed by atoms with E-state index in [4.69, 9.17) is 11.6 Å². The summed E-state index contributed by atoms with van der Waals surface area (Å²) in [7, 11) is -3.43. The molecule has 7 heteroatoms. The highest BCUT2D eigenvalue weighted by Crippen LogP contribution is 2.43. The largest absolute Gasteiger partial charge is 0.338 e. The number of hydrogen-bond donors (Lipinski definition) is 0. The number of nitrogens with zero attached hydrogens (tertiary/aromatic N) is 1. The molecule has 0 atom stereocenters. The third-order valence-electron chi connectivity index (χ3n) is 4.16. The number of halogens is 1. The number of benzene rings is 1. The van der Waals surface area contributed by atoms with E-state index in [0.717, 1.165) is 17.7 Å². The van der Waals surface area contributed by atoms with Gasteiger partial charge in [0.05, 0.1) is 15.5 Å². The Bertz CT molecular complexity index is 912. The van der Waals surface area contributed by atoms with Crippen molar-refractivity contribution in [2.24, 2.45) is 0 Å². The summed E-state index contributed by atoms with van der Waals surface area (Å²) in [5.74, 6) is -0.0999. The first-order valence-corrected chi connectivity index (χ1v) is 11.2. The standard InChI is InChI=1S/C18H20ClNO3S2/c1-3-7-20(8-4-2)18(21)15-9-12-11-25(22,23)16-10-13(19)5-6-14(16)17(12)24-15/h5-6,9-10H,3-4,7-8,11H2,1-2H3. The van der Waals surface area contributed by atoms with Crippen molar-refractivity contribution in [1.29, 1.82) is 0 Å². The van der Waals surface area contributed by atoms with Crippen molar-refractivity contribution < 1.29 is 13.2 Å². The Kier molecular flexibility index (Phi) is 5.23. The molecule has 0 fully saturated rings.